The number of amides is 2. The maximum Gasteiger partial charge on any atom is 0.228 e. The fourth-order valence-corrected chi connectivity index (χ4v) is 4.43. The second-order valence-corrected chi connectivity index (χ2v) is 7.90. The minimum atomic E-state index is -0.0494. The van der Waals surface area contributed by atoms with Crippen molar-refractivity contribution >= 4 is 39.6 Å². The number of carbonyl (C=O) groups excluding carboxylic acids is 2. The third-order valence-corrected chi connectivity index (χ3v) is 5.84. The van der Waals surface area contributed by atoms with Crippen LogP contribution in [0.15, 0.2) is 22.2 Å². The van der Waals surface area contributed by atoms with Gasteiger partial charge in [0.15, 0.2) is 5.13 Å². The largest absolute Gasteiger partial charge is 0.354 e. The minimum Gasteiger partial charge on any atom is -0.354 e. The molecular weight excluding hydrogens is 356 g/mol. The summed E-state index contributed by atoms with van der Waals surface area (Å²) in [7, 11) is 4.02. The molecule has 1 N–H and O–H groups in total. The first-order valence-corrected chi connectivity index (χ1v) is 10.1. The number of nitrogens with one attached hydrogen (secondary N) is 1. The van der Waals surface area contributed by atoms with E-state index in [2.05, 4.69) is 26.6 Å². The number of hydrogen-bond donors (Lipinski definition) is 1. The van der Waals surface area contributed by atoms with Gasteiger partial charge in [-0.15, -0.1) is 11.3 Å². The molecule has 6 nitrogen and oxygen atoms in total. The van der Waals surface area contributed by atoms with Gasteiger partial charge >= 0.3 is 0 Å². The van der Waals surface area contributed by atoms with E-state index >= 15 is 0 Å². The van der Waals surface area contributed by atoms with Gasteiger partial charge in [-0.1, -0.05) is 0 Å². The van der Waals surface area contributed by atoms with E-state index in [4.69, 9.17) is 0 Å². The minimum absolute atomic E-state index is 0.0494. The Morgan fingerprint density at radius 1 is 1.44 bits per heavy atom. The average Bonchev–Trinajstić information content (AvgIpc) is 3.29. The van der Waals surface area contributed by atoms with Crippen LogP contribution in [0.1, 0.15) is 30.1 Å². The molecule has 25 heavy (non-hydrogen) atoms. The Labute approximate surface area is 155 Å². The Bertz CT molecular complexity index is 727. The predicted octanol–water partition coefficient (Wildman–Crippen LogP) is 2.29. The van der Waals surface area contributed by atoms with Crippen molar-refractivity contribution < 1.29 is 9.59 Å². The zero-order valence-corrected chi connectivity index (χ0v) is 16.0. The number of thiazole rings is 1. The second-order valence-electron chi connectivity index (χ2n) is 6.29. The van der Waals surface area contributed by atoms with Crippen LogP contribution < -0.4 is 10.2 Å². The van der Waals surface area contributed by atoms with E-state index in [-0.39, 0.29) is 24.3 Å². The summed E-state index contributed by atoms with van der Waals surface area (Å²) in [6, 6.07) is 2.24. The molecule has 134 valence electrons. The highest BCUT2D eigenvalue weighted by molar-refractivity contribution is 7.14. The Morgan fingerprint density at radius 2 is 2.28 bits per heavy atom. The van der Waals surface area contributed by atoms with Gasteiger partial charge < -0.3 is 10.2 Å². The van der Waals surface area contributed by atoms with Crippen LogP contribution >= 0.6 is 22.7 Å². The molecule has 2 amide bonds. The molecular formula is C17H22N4O2S2. The lowest BCUT2D eigenvalue weighted by molar-refractivity contribution is -0.120. The van der Waals surface area contributed by atoms with Gasteiger partial charge in [-0.25, -0.2) is 4.98 Å². The molecule has 1 fully saturated rings. The molecule has 1 saturated heterocycles. The molecule has 3 heterocycles. The van der Waals surface area contributed by atoms with Gasteiger partial charge in [-0.3, -0.25) is 14.5 Å². The van der Waals surface area contributed by atoms with Gasteiger partial charge in [0.05, 0.1) is 18.2 Å². The SMILES string of the molecule is CN(C)C(CNC(=O)Cc1csc(N2CCCC2=O)n1)c1ccsc1. The van der Waals surface area contributed by atoms with Crippen LogP contribution in [0.5, 0.6) is 0 Å². The van der Waals surface area contributed by atoms with E-state index < -0.39 is 0 Å². The Morgan fingerprint density at radius 3 is 2.92 bits per heavy atom. The van der Waals surface area contributed by atoms with Crippen LogP contribution in [0.3, 0.4) is 0 Å². The summed E-state index contributed by atoms with van der Waals surface area (Å²) in [6.07, 6.45) is 1.70. The van der Waals surface area contributed by atoms with Crippen molar-refractivity contribution in [2.75, 3.05) is 32.1 Å². The number of aromatic nitrogens is 1. The number of anilines is 1. The van der Waals surface area contributed by atoms with Crippen molar-refractivity contribution in [3.63, 3.8) is 0 Å². The summed E-state index contributed by atoms with van der Waals surface area (Å²) in [4.78, 5) is 32.3. The van der Waals surface area contributed by atoms with Crippen LogP contribution in [-0.2, 0) is 16.0 Å². The third kappa shape index (κ3) is 4.45. The molecule has 0 saturated carbocycles. The standard InChI is InChI=1S/C17H22N4O2S2/c1-20(2)14(12-5-7-24-10-12)9-18-15(22)8-13-11-25-17(19-13)21-6-3-4-16(21)23/h5,7,10-11,14H,3-4,6,8-9H2,1-2H3,(H,18,22). The Balaban J connectivity index is 1.54. The molecule has 0 spiro atoms. The summed E-state index contributed by atoms with van der Waals surface area (Å²) < 4.78 is 0. The lowest BCUT2D eigenvalue weighted by Crippen LogP contribution is -2.35. The summed E-state index contributed by atoms with van der Waals surface area (Å²) in [5, 5.41) is 9.72. The van der Waals surface area contributed by atoms with Crippen molar-refractivity contribution in [2.24, 2.45) is 0 Å². The highest BCUT2D eigenvalue weighted by Crippen LogP contribution is 2.25. The first-order valence-electron chi connectivity index (χ1n) is 8.24. The summed E-state index contributed by atoms with van der Waals surface area (Å²) in [5.41, 5.74) is 1.92. The lowest BCUT2D eigenvalue weighted by atomic mass is 10.1. The lowest BCUT2D eigenvalue weighted by Gasteiger charge is -2.23. The van der Waals surface area contributed by atoms with Crippen molar-refractivity contribution in [2.45, 2.75) is 25.3 Å². The molecule has 1 aliphatic rings. The van der Waals surface area contributed by atoms with E-state index in [0.717, 1.165) is 13.0 Å². The topological polar surface area (TPSA) is 65.5 Å². The molecule has 0 bridgehead atoms. The van der Waals surface area contributed by atoms with Gasteiger partial charge in [0.2, 0.25) is 11.8 Å². The molecule has 3 rings (SSSR count). The first-order chi connectivity index (χ1) is 12.0. The number of rotatable bonds is 7. The predicted molar refractivity (Wildman–Crippen MR) is 101 cm³/mol. The molecule has 0 aliphatic carbocycles. The van der Waals surface area contributed by atoms with Gasteiger partial charge in [-0.2, -0.15) is 11.3 Å². The number of likely N-dealkylation sites (N-methyl/N-ethyl adjacent to an activating group) is 1. The fourth-order valence-electron chi connectivity index (χ4n) is 2.85. The monoisotopic (exact) mass is 378 g/mol. The molecule has 0 radical (unpaired) electrons. The summed E-state index contributed by atoms with van der Waals surface area (Å²) in [5.74, 6) is 0.0709. The van der Waals surface area contributed by atoms with Crippen LogP contribution in [0.4, 0.5) is 5.13 Å². The number of thiophene rings is 1. The average molecular weight is 379 g/mol. The molecule has 2 aromatic heterocycles. The molecule has 0 aromatic carbocycles. The molecule has 1 atom stereocenters. The zero-order chi connectivity index (χ0) is 17.8. The van der Waals surface area contributed by atoms with Crippen LogP contribution in [-0.4, -0.2) is 48.9 Å². The number of hydrogen-bond acceptors (Lipinski definition) is 6. The van der Waals surface area contributed by atoms with E-state index in [1.54, 1.807) is 16.2 Å². The highest BCUT2D eigenvalue weighted by Gasteiger charge is 2.24. The van der Waals surface area contributed by atoms with Gasteiger partial charge in [0, 0.05) is 24.9 Å². The van der Waals surface area contributed by atoms with E-state index in [1.165, 1.54) is 16.9 Å². The Kier molecular flexibility index (Phi) is 5.82. The van der Waals surface area contributed by atoms with Crippen LogP contribution in [0.25, 0.3) is 0 Å². The number of nitrogens with zero attached hydrogens (tertiary/aromatic N) is 3. The molecule has 8 heteroatoms. The van der Waals surface area contributed by atoms with Crippen molar-refractivity contribution in [1.29, 1.82) is 0 Å². The maximum absolute atomic E-state index is 12.3. The summed E-state index contributed by atoms with van der Waals surface area (Å²) in [6.45, 7) is 1.29. The third-order valence-electron chi connectivity index (χ3n) is 4.23. The highest BCUT2D eigenvalue weighted by atomic mass is 32.1. The van der Waals surface area contributed by atoms with E-state index in [9.17, 15) is 9.59 Å². The van der Waals surface area contributed by atoms with Crippen molar-refractivity contribution in [1.82, 2.24) is 15.2 Å². The fraction of sp³-hybridized carbons (Fsp3) is 0.471. The quantitative estimate of drug-likeness (QED) is 0.803. The van der Waals surface area contributed by atoms with E-state index in [0.29, 0.717) is 23.8 Å². The number of carbonyl (C=O) groups is 2. The maximum atomic E-state index is 12.3. The van der Waals surface area contributed by atoms with Crippen molar-refractivity contribution in [3.8, 4) is 0 Å². The van der Waals surface area contributed by atoms with Crippen molar-refractivity contribution in [3.05, 3.63) is 33.5 Å². The molecule has 1 aliphatic heterocycles. The van der Waals surface area contributed by atoms with Gasteiger partial charge in [0.1, 0.15) is 0 Å². The van der Waals surface area contributed by atoms with Gasteiger partial charge in [-0.05, 0) is 42.9 Å². The molecule has 1 unspecified atom stereocenters. The smallest absolute Gasteiger partial charge is 0.228 e. The second kappa shape index (κ2) is 8.07. The van der Waals surface area contributed by atoms with E-state index in [1.807, 2.05) is 24.9 Å². The molecule has 2 aromatic rings. The van der Waals surface area contributed by atoms with Crippen LogP contribution in [0, 0.1) is 0 Å². The zero-order valence-electron chi connectivity index (χ0n) is 14.4. The van der Waals surface area contributed by atoms with Crippen LogP contribution in [0.2, 0.25) is 0 Å². The Hall–Kier alpha value is -1.77. The van der Waals surface area contributed by atoms with Gasteiger partial charge in [0.25, 0.3) is 0 Å². The summed E-state index contributed by atoms with van der Waals surface area (Å²) >= 11 is 3.08. The normalized spacial score (nSPS) is 15.8. The first kappa shape index (κ1) is 18.0.